The Balaban J connectivity index is 1.75. The molecular formula is C17H16N6O. The molecule has 2 heterocycles. The van der Waals surface area contributed by atoms with Crippen molar-refractivity contribution in [1.82, 2.24) is 20.6 Å². The van der Waals surface area contributed by atoms with Gasteiger partial charge in [-0.3, -0.25) is 4.79 Å². The molecule has 0 fully saturated rings. The van der Waals surface area contributed by atoms with Gasteiger partial charge >= 0.3 is 0 Å². The molecule has 120 valence electrons. The summed E-state index contributed by atoms with van der Waals surface area (Å²) in [6.07, 6.45) is 0.449. The first kappa shape index (κ1) is 14.4. The van der Waals surface area contributed by atoms with Crippen LogP contribution in [0.4, 0.5) is 11.4 Å². The summed E-state index contributed by atoms with van der Waals surface area (Å²) in [5.74, 6) is 0.589. The highest BCUT2D eigenvalue weighted by Gasteiger charge is 2.20. The molecule has 1 aliphatic rings. The van der Waals surface area contributed by atoms with Gasteiger partial charge < -0.3 is 10.6 Å². The van der Waals surface area contributed by atoms with Crippen LogP contribution in [0.15, 0.2) is 42.5 Å². The van der Waals surface area contributed by atoms with Crippen LogP contribution in [0.5, 0.6) is 0 Å². The fourth-order valence-electron chi connectivity index (χ4n) is 2.91. The fraction of sp³-hybridized carbons (Fsp3) is 0.176. The minimum absolute atomic E-state index is 0.0263. The summed E-state index contributed by atoms with van der Waals surface area (Å²) in [5.41, 5.74) is 4.74. The van der Waals surface area contributed by atoms with Crippen LogP contribution in [0, 0.1) is 0 Å². The van der Waals surface area contributed by atoms with Gasteiger partial charge in [0.15, 0.2) is 0 Å². The first-order chi connectivity index (χ1) is 11.7. The maximum Gasteiger partial charge on any atom is 0.226 e. The van der Waals surface area contributed by atoms with Crippen LogP contribution in [0.25, 0.3) is 22.5 Å². The van der Waals surface area contributed by atoms with E-state index in [-0.39, 0.29) is 11.9 Å². The van der Waals surface area contributed by atoms with Gasteiger partial charge in [0, 0.05) is 23.6 Å². The van der Waals surface area contributed by atoms with Crippen molar-refractivity contribution in [1.29, 1.82) is 0 Å². The maximum absolute atomic E-state index is 11.9. The van der Waals surface area contributed by atoms with E-state index in [0.29, 0.717) is 12.2 Å². The number of fused-ring (bicyclic) bond motifs is 1. The highest BCUT2D eigenvalue weighted by molar-refractivity contribution is 6.00. The second kappa shape index (κ2) is 5.77. The Bertz CT molecular complexity index is 873. The predicted molar refractivity (Wildman–Crippen MR) is 91.4 cm³/mol. The van der Waals surface area contributed by atoms with Crippen LogP contribution in [0.2, 0.25) is 0 Å². The van der Waals surface area contributed by atoms with Gasteiger partial charge in [0.1, 0.15) is 0 Å². The fourth-order valence-corrected chi connectivity index (χ4v) is 2.91. The number of carbonyl (C=O) groups is 1. The molecule has 4 rings (SSSR count). The number of para-hydroxylation sites is 1. The number of hydrogen-bond acceptors (Lipinski definition) is 5. The van der Waals surface area contributed by atoms with Gasteiger partial charge in [0.05, 0.1) is 11.4 Å². The standard InChI is InChI=1S/C17H16N6O/c1-10-9-15(24)19-14-4-2-3-13(16(14)18-10)11-5-7-12(8-6-11)17-20-22-23-21-17/h2-8,10,18H,9H2,1H3,(H,19,24)(H,20,21,22,23)/t10-/m1/s1. The second-order valence-corrected chi connectivity index (χ2v) is 5.84. The van der Waals surface area contributed by atoms with Gasteiger partial charge in [0.2, 0.25) is 11.7 Å². The summed E-state index contributed by atoms with van der Waals surface area (Å²) < 4.78 is 0. The number of hydrogen-bond donors (Lipinski definition) is 3. The lowest BCUT2D eigenvalue weighted by Gasteiger charge is -2.16. The van der Waals surface area contributed by atoms with Crippen LogP contribution in [-0.2, 0) is 4.79 Å². The number of benzene rings is 2. The summed E-state index contributed by atoms with van der Waals surface area (Å²) in [7, 11) is 0. The Morgan fingerprint density at radius 2 is 1.88 bits per heavy atom. The van der Waals surface area contributed by atoms with Crippen LogP contribution in [-0.4, -0.2) is 32.6 Å². The molecule has 7 nitrogen and oxygen atoms in total. The lowest BCUT2D eigenvalue weighted by Crippen LogP contribution is -2.19. The minimum atomic E-state index is 0.0263. The first-order valence-corrected chi connectivity index (χ1v) is 7.74. The molecule has 0 saturated carbocycles. The normalized spacial score (nSPS) is 16.7. The molecule has 3 N–H and O–H groups in total. The van der Waals surface area contributed by atoms with E-state index in [9.17, 15) is 4.79 Å². The van der Waals surface area contributed by atoms with Crippen LogP contribution in [0.1, 0.15) is 13.3 Å². The Labute approximate surface area is 138 Å². The molecule has 0 spiro atoms. The third kappa shape index (κ3) is 2.60. The number of rotatable bonds is 2. The number of H-pyrrole nitrogens is 1. The third-order valence-corrected chi connectivity index (χ3v) is 4.02. The number of tetrazole rings is 1. The van der Waals surface area contributed by atoms with Crippen molar-refractivity contribution in [3.8, 4) is 22.5 Å². The molecule has 24 heavy (non-hydrogen) atoms. The molecular weight excluding hydrogens is 304 g/mol. The van der Waals surface area contributed by atoms with Crippen molar-refractivity contribution in [2.75, 3.05) is 10.6 Å². The van der Waals surface area contributed by atoms with E-state index >= 15 is 0 Å². The number of nitrogens with one attached hydrogen (secondary N) is 3. The van der Waals surface area contributed by atoms with Crippen molar-refractivity contribution in [2.45, 2.75) is 19.4 Å². The Morgan fingerprint density at radius 1 is 1.08 bits per heavy atom. The maximum atomic E-state index is 11.9. The zero-order chi connectivity index (χ0) is 16.5. The molecule has 1 aromatic heterocycles. The van der Waals surface area contributed by atoms with Gasteiger partial charge in [-0.15, -0.1) is 10.2 Å². The molecule has 1 aliphatic heterocycles. The van der Waals surface area contributed by atoms with Gasteiger partial charge in [-0.05, 0) is 23.8 Å². The van der Waals surface area contributed by atoms with E-state index in [1.807, 2.05) is 49.4 Å². The van der Waals surface area contributed by atoms with Crippen molar-refractivity contribution in [3.05, 3.63) is 42.5 Å². The highest BCUT2D eigenvalue weighted by Crippen LogP contribution is 2.37. The van der Waals surface area contributed by atoms with Gasteiger partial charge in [-0.25, -0.2) is 0 Å². The monoisotopic (exact) mass is 320 g/mol. The summed E-state index contributed by atoms with van der Waals surface area (Å²) in [6.45, 7) is 2.00. The predicted octanol–water partition coefficient (Wildman–Crippen LogP) is 2.68. The number of carbonyl (C=O) groups excluding carboxylic acids is 1. The van der Waals surface area contributed by atoms with E-state index in [1.165, 1.54) is 0 Å². The quantitative estimate of drug-likeness (QED) is 0.674. The SMILES string of the molecule is C[C@@H]1CC(=O)Nc2cccc(-c3ccc(-c4nn[nH]n4)cc3)c2N1. The summed E-state index contributed by atoms with van der Waals surface area (Å²) in [5, 5.41) is 20.4. The molecule has 0 radical (unpaired) electrons. The number of anilines is 2. The molecule has 0 saturated heterocycles. The highest BCUT2D eigenvalue weighted by atomic mass is 16.1. The average Bonchev–Trinajstić information content (AvgIpc) is 3.06. The molecule has 0 aliphatic carbocycles. The summed E-state index contributed by atoms with van der Waals surface area (Å²) in [6, 6.07) is 13.9. The summed E-state index contributed by atoms with van der Waals surface area (Å²) in [4.78, 5) is 11.9. The minimum Gasteiger partial charge on any atom is -0.380 e. The topological polar surface area (TPSA) is 95.6 Å². The number of amides is 1. The molecule has 7 heteroatoms. The summed E-state index contributed by atoms with van der Waals surface area (Å²) >= 11 is 0. The molecule has 1 amide bonds. The van der Waals surface area contributed by atoms with Crippen molar-refractivity contribution in [2.24, 2.45) is 0 Å². The van der Waals surface area contributed by atoms with E-state index in [4.69, 9.17) is 0 Å². The van der Waals surface area contributed by atoms with Crippen molar-refractivity contribution >= 4 is 17.3 Å². The van der Waals surface area contributed by atoms with E-state index < -0.39 is 0 Å². The van der Waals surface area contributed by atoms with Gasteiger partial charge in [0.25, 0.3) is 0 Å². The number of aromatic nitrogens is 4. The largest absolute Gasteiger partial charge is 0.380 e. The lowest BCUT2D eigenvalue weighted by molar-refractivity contribution is -0.116. The first-order valence-electron chi connectivity index (χ1n) is 7.74. The van der Waals surface area contributed by atoms with Crippen molar-refractivity contribution < 1.29 is 4.79 Å². The van der Waals surface area contributed by atoms with Crippen molar-refractivity contribution in [3.63, 3.8) is 0 Å². The second-order valence-electron chi connectivity index (χ2n) is 5.84. The molecule has 0 unspecified atom stereocenters. The van der Waals surface area contributed by atoms with Gasteiger partial charge in [-0.2, -0.15) is 5.21 Å². The third-order valence-electron chi connectivity index (χ3n) is 4.02. The Hall–Kier alpha value is -3.22. The smallest absolute Gasteiger partial charge is 0.226 e. The van der Waals surface area contributed by atoms with Crippen LogP contribution in [0.3, 0.4) is 0 Å². The Morgan fingerprint density at radius 3 is 2.62 bits per heavy atom. The zero-order valence-corrected chi connectivity index (χ0v) is 13.1. The molecule has 0 bridgehead atoms. The molecule has 1 atom stereocenters. The number of nitrogens with zero attached hydrogens (tertiary/aromatic N) is 3. The van der Waals surface area contributed by atoms with Crippen LogP contribution >= 0.6 is 0 Å². The lowest BCUT2D eigenvalue weighted by atomic mass is 10.0. The van der Waals surface area contributed by atoms with E-state index in [0.717, 1.165) is 28.1 Å². The van der Waals surface area contributed by atoms with Crippen LogP contribution < -0.4 is 10.6 Å². The zero-order valence-electron chi connectivity index (χ0n) is 13.1. The molecule has 3 aromatic rings. The number of aromatic amines is 1. The average molecular weight is 320 g/mol. The van der Waals surface area contributed by atoms with Gasteiger partial charge in [-0.1, -0.05) is 36.4 Å². The van der Waals surface area contributed by atoms with E-state index in [1.54, 1.807) is 0 Å². The molecule has 2 aromatic carbocycles. The van der Waals surface area contributed by atoms with E-state index in [2.05, 4.69) is 31.3 Å². The Kier molecular flexibility index (Phi) is 3.45.